The molecule has 1 amide bonds. The van der Waals surface area contributed by atoms with E-state index >= 15 is 0 Å². The molecule has 1 aliphatic rings. The van der Waals surface area contributed by atoms with E-state index in [0.29, 0.717) is 16.6 Å². The van der Waals surface area contributed by atoms with Crippen LogP contribution in [0.1, 0.15) is 36.0 Å². The lowest BCUT2D eigenvalue weighted by Gasteiger charge is -2.30. The van der Waals surface area contributed by atoms with Crippen molar-refractivity contribution in [2.45, 2.75) is 37.0 Å². The predicted octanol–water partition coefficient (Wildman–Crippen LogP) is 2.07. The third kappa shape index (κ3) is 3.16. The molecule has 2 unspecified atom stereocenters. The van der Waals surface area contributed by atoms with Gasteiger partial charge in [-0.15, -0.1) is 0 Å². The average Bonchev–Trinajstić information content (AvgIpc) is 2.40. The zero-order chi connectivity index (χ0) is 13.0. The monoisotopic (exact) mass is 265 g/mol. The van der Waals surface area contributed by atoms with Crippen molar-refractivity contribution in [3.8, 4) is 0 Å². The van der Waals surface area contributed by atoms with Crippen LogP contribution < -0.4 is 11.1 Å². The van der Waals surface area contributed by atoms with E-state index in [2.05, 4.69) is 16.6 Å². The van der Waals surface area contributed by atoms with Gasteiger partial charge in [0.15, 0.2) is 0 Å². The van der Waals surface area contributed by atoms with Gasteiger partial charge in [0.2, 0.25) is 0 Å². The zero-order valence-corrected chi connectivity index (χ0v) is 11.4. The molecule has 5 heteroatoms. The maximum Gasteiger partial charge on any atom is 0.253 e. The Labute approximate surface area is 112 Å². The highest BCUT2D eigenvalue weighted by Gasteiger charge is 2.25. The van der Waals surface area contributed by atoms with E-state index in [4.69, 9.17) is 5.73 Å². The molecule has 1 aromatic heterocycles. The van der Waals surface area contributed by atoms with Crippen LogP contribution in [0.2, 0.25) is 0 Å². The number of amides is 1. The Kier molecular flexibility index (Phi) is 4.47. The maximum atomic E-state index is 12.1. The molecule has 1 aliphatic carbocycles. The summed E-state index contributed by atoms with van der Waals surface area (Å²) in [5.41, 5.74) is 6.09. The molecule has 0 radical (unpaired) electrons. The van der Waals surface area contributed by atoms with Crippen LogP contribution in [0.4, 0.5) is 5.82 Å². The largest absolute Gasteiger partial charge is 0.384 e. The summed E-state index contributed by atoms with van der Waals surface area (Å²) in [6, 6.07) is 3.65. The van der Waals surface area contributed by atoms with E-state index in [9.17, 15) is 4.79 Å². The van der Waals surface area contributed by atoms with Gasteiger partial charge in [-0.05, 0) is 31.2 Å². The molecule has 4 nitrogen and oxygen atoms in total. The van der Waals surface area contributed by atoms with Crippen molar-refractivity contribution < 1.29 is 4.79 Å². The Balaban J connectivity index is 1.99. The highest BCUT2D eigenvalue weighted by molar-refractivity contribution is 7.99. The molecule has 0 aliphatic heterocycles. The molecule has 1 heterocycles. The molecule has 2 atom stereocenters. The second-order valence-electron chi connectivity index (χ2n) is 4.61. The van der Waals surface area contributed by atoms with Crippen LogP contribution in [0.15, 0.2) is 18.3 Å². The summed E-state index contributed by atoms with van der Waals surface area (Å²) in [6.45, 7) is 0. The summed E-state index contributed by atoms with van der Waals surface area (Å²) < 4.78 is 0. The van der Waals surface area contributed by atoms with Crippen LogP contribution in [-0.2, 0) is 0 Å². The number of hydrogen-bond acceptors (Lipinski definition) is 4. The lowest BCUT2D eigenvalue weighted by atomic mass is 9.94. The number of aromatic nitrogens is 1. The van der Waals surface area contributed by atoms with Crippen LogP contribution in [0.5, 0.6) is 0 Å². The van der Waals surface area contributed by atoms with Crippen molar-refractivity contribution >= 4 is 23.5 Å². The minimum absolute atomic E-state index is 0.0477. The van der Waals surface area contributed by atoms with Gasteiger partial charge in [0.05, 0.1) is 5.56 Å². The Hall–Kier alpha value is -1.23. The number of carbonyl (C=O) groups is 1. The van der Waals surface area contributed by atoms with Gasteiger partial charge in [0, 0.05) is 17.5 Å². The standard InChI is InChI=1S/C13H19N3OS/c1-18-11-5-3-2-4-10(11)16-13(17)9-6-7-12(14)15-8-9/h6-8,10-11H,2-5H2,1H3,(H2,14,15)(H,16,17). The molecule has 1 aromatic rings. The van der Waals surface area contributed by atoms with E-state index in [-0.39, 0.29) is 11.9 Å². The first-order valence-corrected chi connectivity index (χ1v) is 7.54. The van der Waals surface area contributed by atoms with Gasteiger partial charge in [-0.3, -0.25) is 4.79 Å². The number of nitrogen functional groups attached to an aromatic ring is 1. The quantitative estimate of drug-likeness (QED) is 0.878. The van der Waals surface area contributed by atoms with Gasteiger partial charge >= 0.3 is 0 Å². The molecule has 3 N–H and O–H groups in total. The number of rotatable bonds is 3. The number of pyridine rings is 1. The first kappa shape index (κ1) is 13.2. The number of nitrogens with one attached hydrogen (secondary N) is 1. The SMILES string of the molecule is CSC1CCCCC1NC(=O)c1ccc(N)nc1. The summed E-state index contributed by atoms with van der Waals surface area (Å²) in [5.74, 6) is 0.389. The van der Waals surface area contributed by atoms with Crippen molar-refractivity contribution in [3.05, 3.63) is 23.9 Å². The first-order chi connectivity index (χ1) is 8.70. The first-order valence-electron chi connectivity index (χ1n) is 6.26. The minimum Gasteiger partial charge on any atom is -0.384 e. The summed E-state index contributed by atoms with van der Waals surface area (Å²) >= 11 is 1.84. The lowest BCUT2D eigenvalue weighted by Crippen LogP contribution is -2.43. The molecular formula is C13H19N3OS. The maximum absolute atomic E-state index is 12.1. The number of hydrogen-bond donors (Lipinski definition) is 2. The molecular weight excluding hydrogens is 246 g/mol. The minimum atomic E-state index is -0.0477. The fourth-order valence-corrected chi connectivity index (χ4v) is 3.27. The van der Waals surface area contributed by atoms with Gasteiger partial charge in [-0.2, -0.15) is 11.8 Å². The van der Waals surface area contributed by atoms with Crippen molar-refractivity contribution in [3.63, 3.8) is 0 Å². The normalized spacial score (nSPS) is 23.6. The van der Waals surface area contributed by atoms with Gasteiger partial charge in [0.25, 0.3) is 5.91 Å². The second-order valence-corrected chi connectivity index (χ2v) is 5.69. The van der Waals surface area contributed by atoms with Crippen molar-refractivity contribution in [2.75, 3.05) is 12.0 Å². The molecule has 1 saturated carbocycles. The number of thioether (sulfide) groups is 1. The molecule has 18 heavy (non-hydrogen) atoms. The lowest BCUT2D eigenvalue weighted by molar-refractivity contribution is 0.0929. The Morgan fingerprint density at radius 2 is 2.22 bits per heavy atom. The number of carbonyl (C=O) groups excluding carboxylic acids is 1. The van der Waals surface area contributed by atoms with Gasteiger partial charge in [-0.1, -0.05) is 12.8 Å². The van der Waals surface area contributed by atoms with Crippen LogP contribution in [-0.4, -0.2) is 28.4 Å². The molecule has 1 fully saturated rings. The molecule has 0 saturated heterocycles. The smallest absolute Gasteiger partial charge is 0.253 e. The van der Waals surface area contributed by atoms with Crippen molar-refractivity contribution in [1.82, 2.24) is 10.3 Å². The predicted molar refractivity (Wildman–Crippen MR) is 75.7 cm³/mol. The van der Waals surface area contributed by atoms with Crippen LogP contribution in [0, 0.1) is 0 Å². The van der Waals surface area contributed by atoms with E-state index < -0.39 is 0 Å². The molecule has 0 spiro atoms. The third-order valence-electron chi connectivity index (χ3n) is 3.37. The van der Waals surface area contributed by atoms with Crippen molar-refractivity contribution in [1.29, 1.82) is 0 Å². The van der Waals surface area contributed by atoms with E-state index in [1.165, 1.54) is 25.5 Å². The van der Waals surface area contributed by atoms with Gasteiger partial charge < -0.3 is 11.1 Å². The Bertz CT molecular complexity index is 407. The zero-order valence-electron chi connectivity index (χ0n) is 10.6. The molecule has 98 valence electrons. The summed E-state index contributed by atoms with van der Waals surface area (Å²) in [5, 5.41) is 3.65. The topological polar surface area (TPSA) is 68.0 Å². The second kappa shape index (κ2) is 6.09. The number of nitrogens with two attached hydrogens (primary N) is 1. The number of nitrogens with zero attached hydrogens (tertiary/aromatic N) is 1. The van der Waals surface area contributed by atoms with E-state index in [1.54, 1.807) is 12.1 Å². The molecule has 0 bridgehead atoms. The summed E-state index contributed by atoms with van der Waals surface area (Å²) in [6.07, 6.45) is 8.36. The fraction of sp³-hybridized carbons (Fsp3) is 0.538. The Morgan fingerprint density at radius 1 is 1.44 bits per heavy atom. The summed E-state index contributed by atoms with van der Waals surface area (Å²) in [7, 11) is 0. The summed E-state index contributed by atoms with van der Waals surface area (Å²) in [4.78, 5) is 16.0. The van der Waals surface area contributed by atoms with Gasteiger partial charge in [0.1, 0.15) is 5.82 Å². The molecule has 0 aromatic carbocycles. The average molecular weight is 265 g/mol. The number of anilines is 1. The third-order valence-corrected chi connectivity index (χ3v) is 4.54. The fourth-order valence-electron chi connectivity index (χ4n) is 2.34. The van der Waals surface area contributed by atoms with E-state index in [1.807, 2.05) is 11.8 Å². The van der Waals surface area contributed by atoms with Crippen LogP contribution in [0.3, 0.4) is 0 Å². The van der Waals surface area contributed by atoms with Crippen LogP contribution in [0.25, 0.3) is 0 Å². The van der Waals surface area contributed by atoms with Crippen LogP contribution >= 0.6 is 11.8 Å². The highest BCUT2D eigenvalue weighted by Crippen LogP contribution is 2.27. The van der Waals surface area contributed by atoms with Gasteiger partial charge in [-0.25, -0.2) is 4.98 Å². The Morgan fingerprint density at radius 3 is 2.89 bits per heavy atom. The highest BCUT2D eigenvalue weighted by atomic mass is 32.2. The van der Waals surface area contributed by atoms with E-state index in [0.717, 1.165) is 6.42 Å². The van der Waals surface area contributed by atoms with Crippen molar-refractivity contribution in [2.24, 2.45) is 0 Å². The molecule has 2 rings (SSSR count).